The van der Waals surface area contributed by atoms with E-state index in [1.54, 1.807) is 0 Å². The van der Waals surface area contributed by atoms with E-state index in [9.17, 15) is 0 Å². The van der Waals surface area contributed by atoms with Gasteiger partial charge in [0.2, 0.25) is 0 Å². The second-order valence-corrected chi connectivity index (χ2v) is 5.40. The van der Waals surface area contributed by atoms with Crippen LogP contribution in [0, 0.1) is 13.8 Å². The highest BCUT2D eigenvalue weighted by molar-refractivity contribution is 5.69. The van der Waals surface area contributed by atoms with E-state index in [0.717, 1.165) is 18.7 Å². The molecule has 0 spiro atoms. The van der Waals surface area contributed by atoms with E-state index < -0.39 is 0 Å². The summed E-state index contributed by atoms with van der Waals surface area (Å²) in [5, 5.41) is 7.97. The minimum atomic E-state index is 0.362. The molecular formula is C17H25N3. The van der Waals surface area contributed by atoms with Gasteiger partial charge in [-0.1, -0.05) is 25.1 Å². The lowest BCUT2D eigenvalue weighted by atomic mass is 9.99. The smallest absolute Gasteiger partial charge is 0.0674 e. The molecule has 1 N–H and O–H groups in total. The molecule has 0 fully saturated rings. The molecular weight excluding hydrogens is 246 g/mol. The first-order valence-corrected chi connectivity index (χ1v) is 7.40. The fraction of sp³-hybridized carbons (Fsp3) is 0.471. The minimum absolute atomic E-state index is 0.362. The van der Waals surface area contributed by atoms with Crippen molar-refractivity contribution in [1.82, 2.24) is 15.1 Å². The lowest BCUT2D eigenvalue weighted by molar-refractivity contribution is 0.583. The first-order chi connectivity index (χ1) is 9.58. The van der Waals surface area contributed by atoms with Gasteiger partial charge in [0.15, 0.2) is 0 Å². The van der Waals surface area contributed by atoms with E-state index in [2.05, 4.69) is 67.1 Å². The monoisotopic (exact) mass is 271 g/mol. The van der Waals surface area contributed by atoms with Crippen molar-refractivity contribution in [2.45, 2.75) is 46.7 Å². The SMILES string of the molecule is CCCn1nc(C)c(-c2cccc(C(C)NC)c2)c1C. The number of hydrogen-bond acceptors (Lipinski definition) is 2. The van der Waals surface area contributed by atoms with E-state index in [1.807, 2.05) is 7.05 Å². The van der Waals surface area contributed by atoms with Gasteiger partial charge < -0.3 is 5.32 Å². The molecule has 0 saturated carbocycles. The summed E-state index contributed by atoms with van der Waals surface area (Å²) < 4.78 is 2.12. The number of aryl methyl sites for hydroxylation is 2. The summed E-state index contributed by atoms with van der Waals surface area (Å²) in [6.07, 6.45) is 1.11. The predicted molar refractivity (Wildman–Crippen MR) is 84.9 cm³/mol. The molecule has 3 heteroatoms. The fourth-order valence-electron chi connectivity index (χ4n) is 2.67. The molecule has 0 aliphatic carbocycles. The number of hydrogen-bond donors (Lipinski definition) is 1. The average molecular weight is 271 g/mol. The molecule has 1 unspecified atom stereocenters. The van der Waals surface area contributed by atoms with Crippen molar-refractivity contribution in [3.8, 4) is 11.1 Å². The van der Waals surface area contributed by atoms with Crippen molar-refractivity contribution in [3.05, 3.63) is 41.2 Å². The highest BCUT2D eigenvalue weighted by Crippen LogP contribution is 2.29. The van der Waals surface area contributed by atoms with Gasteiger partial charge in [-0.2, -0.15) is 5.10 Å². The van der Waals surface area contributed by atoms with Gasteiger partial charge in [-0.25, -0.2) is 0 Å². The molecule has 1 aromatic carbocycles. The van der Waals surface area contributed by atoms with E-state index >= 15 is 0 Å². The second-order valence-electron chi connectivity index (χ2n) is 5.40. The maximum atomic E-state index is 4.67. The Morgan fingerprint density at radius 2 is 2.05 bits per heavy atom. The molecule has 1 heterocycles. The van der Waals surface area contributed by atoms with Crippen LogP contribution in [-0.4, -0.2) is 16.8 Å². The van der Waals surface area contributed by atoms with Crippen LogP contribution < -0.4 is 5.32 Å². The van der Waals surface area contributed by atoms with Crippen LogP contribution in [0.1, 0.15) is 43.3 Å². The van der Waals surface area contributed by atoms with Crippen LogP contribution >= 0.6 is 0 Å². The number of nitrogens with zero attached hydrogens (tertiary/aromatic N) is 2. The normalized spacial score (nSPS) is 12.7. The molecule has 0 radical (unpaired) electrons. The van der Waals surface area contributed by atoms with Crippen molar-refractivity contribution in [2.24, 2.45) is 0 Å². The van der Waals surface area contributed by atoms with Crippen LogP contribution in [0.3, 0.4) is 0 Å². The van der Waals surface area contributed by atoms with E-state index in [1.165, 1.54) is 22.4 Å². The Balaban J connectivity index is 2.46. The Kier molecular flexibility index (Phi) is 4.61. The first kappa shape index (κ1) is 14.8. The highest BCUT2D eigenvalue weighted by atomic mass is 15.3. The van der Waals surface area contributed by atoms with Crippen LogP contribution in [0.2, 0.25) is 0 Å². The first-order valence-electron chi connectivity index (χ1n) is 7.40. The topological polar surface area (TPSA) is 29.9 Å². The maximum Gasteiger partial charge on any atom is 0.0674 e. The van der Waals surface area contributed by atoms with Crippen LogP contribution in [0.5, 0.6) is 0 Å². The maximum absolute atomic E-state index is 4.67. The summed E-state index contributed by atoms with van der Waals surface area (Å²) in [7, 11) is 1.99. The van der Waals surface area contributed by atoms with Gasteiger partial charge in [-0.15, -0.1) is 0 Å². The Morgan fingerprint density at radius 3 is 2.70 bits per heavy atom. The van der Waals surface area contributed by atoms with Gasteiger partial charge in [-0.3, -0.25) is 4.68 Å². The van der Waals surface area contributed by atoms with Gasteiger partial charge in [0, 0.05) is 23.8 Å². The number of aromatic nitrogens is 2. The lowest BCUT2D eigenvalue weighted by Gasteiger charge is -2.12. The van der Waals surface area contributed by atoms with Crippen molar-refractivity contribution >= 4 is 0 Å². The zero-order valence-electron chi connectivity index (χ0n) is 13.2. The second kappa shape index (κ2) is 6.23. The van der Waals surface area contributed by atoms with E-state index in [4.69, 9.17) is 0 Å². The summed E-state index contributed by atoms with van der Waals surface area (Å²) in [5.41, 5.74) is 6.24. The molecule has 20 heavy (non-hydrogen) atoms. The zero-order chi connectivity index (χ0) is 14.7. The third kappa shape index (κ3) is 2.78. The summed E-state index contributed by atoms with van der Waals surface area (Å²) in [6.45, 7) is 9.62. The molecule has 2 rings (SSSR count). The number of rotatable bonds is 5. The number of benzene rings is 1. The van der Waals surface area contributed by atoms with Crippen molar-refractivity contribution in [1.29, 1.82) is 0 Å². The third-order valence-corrected chi connectivity index (χ3v) is 3.93. The molecule has 0 bridgehead atoms. The van der Waals surface area contributed by atoms with Gasteiger partial charge in [-0.05, 0) is 51.4 Å². The molecule has 0 aliphatic heterocycles. The van der Waals surface area contributed by atoms with Crippen LogP contribution in [0.25, 0.3) is 11.1 Å². The van der Waals surface area contributed by atoms with E-state index in [-0.39, 0.29) is 0 Å². The van der Waals surface area contributed by atoms with Crippen LogP contribution in [-0.2, 0) is 6.54 Å². The molecule has 3 nitrogen and oxygen atoms in total. The Bertz CT molecular complexity index is 584. The third-order valence-electron chi connectivity index (χ3n) is 3.93. The summed E-state index contributed by atoms with van der Waals surface area (Å²) in [5.74, 6) is 0. The quantitative estimate of drug-likeness (QED) is 0.895. The van der Waals surface area contributed by atoms with Gasteiger partial charge in [0.1, 0.15) is 0 Å². The minimum Gasteiger partial charge on any atom is -0.313 e. The van der Waals surface area contributed by atoms with Gasteiger partial charge in [0.25, 0.3) is 0 Å². The Morgan fingerprint density at radius 1 is 1.30 bits per heavy atom. The Hall–Kier alpha value is -1.61. The van der Waals surface area contributed by atoms with Crippen LogP contribution in [0.15, 0.2) is 24.3 Å². The van der Waals surface area contributed by atoms with E-state index in [0.29, 0.717) is 6.04 Å². The lowest BCUT2D eigenvalue weighted by Crippen LogP contribution is -2.12. The predicted octanol–water partition coefficient (Wildman–Crippen LogP) is 3.86. The average Bonchev–Trinajstić information content (AvgIpc) is 2.73. The number of nitrogens with one attached hydrogen (secondary N) is 1. The van der Waals surface area contributed by atoms with Crippen molar-refractivity contribution in [2.75, 3.05) is 7.05 Å². The molecule has 1 aromatic heterocycles. The summed E-state index contributed by atoms with van der Waals surface area (Å²) >= 11 is 0. The van der Waals surface area contributed by atoms with Gasteiger partial charge >= 0.3 is 0 Å². The molecule has 2 aromatic rings. The molecule has 108 valence electrons. The van der Waals surface area contributed by atoms with Gasteiger partial charge in [0.05, 0.1) is 5.69 Å². The molecule has 1 atom stereocenters. The Labute approximate surface area is 122 Å². The molecule has 0 aliphatic rings. The summed E-state index contributed by atoms with van der Waals surface area (Å²) in [6, 6.07) is 9.12. The molecule has 0 saturated heterocycles. The fourth-order valence-corrected chi connectivity index (χ4v) is 2.67. The highest BCUT2D eigenvalue weighted by Gasteiger charge is 2.14. The molecule has 0 amide bonds. The largest absolute Gasteiger partial charge is 0.313 e. The summed E-state index contributed by atoms with van der Waals surface area (Å²) in [4.78, 5) is 0. The van der Waals surface area contributed by atoms with Crippen LogP contribution in [0.4, 0.5) is 0 Å². The van der Waals surface area contributed by atoms with Crippen molar-refractivity contribution < 1.29 is 0 Å². The van der Waals surface area contributed by atoms with Crippen molar-refractivity contribution in [3.63, 3.8) is 0 Å². The standard InChI is InChI=1S/C17H25N3/c1-6-10-20-14(4)17(13(3)19-20)16-9-7-8-15(11-16)12(2)18-5/h7-9,11-12,18H,6,10H2,1-5H3. The zero-order valence-corrected chi connectivity index (χ0v) is 13.2.